The first-order valence-electron chi connectivity index (χ1n) is 4.86. The van der Waals surface area contributed by atoms with Gasteiger partial charge >= 0.3 is 6.04 Å². The van der Waals surface area contributed by atoms with Crippen LogP contribution in [0.1, 0.15) is 28.3 Å². The standard InChI is InChI=1S/C12H6F2N2O/c1-16-11(5-15)7-4-12(17)8-3-10(14)9(13)2-6(7)8/h2-3,7,11H,4H2. The Bertz CT molecular complexity index is 569. The number of hydrogen-bond donors (Lipinski definition) is 0. The van der Waals surface area contributed by atoms with Crippen LogP contribution in [0.25, 0.3) is 4.85 Å². The number of Topliss-reactive ketones (excluding diaryl/α,β-unsaturated/α-hetero) is 1. The van der Waals surface area contributed by atoms with Gasteiger partial charge in [0.25, 0.3) is 0 Å². The summed E-state index contributed by atoms with van der Waals surface area (Å²) < 4.78 is 26.1. The van der Waals surface area contributed by atoms with Crippen molar-refractivity contribution in [2.75, 3.05) is 0 Å². The minimum Gasteiger partial charge on any atom is -0.297 e. The zero-order chi connectivity index (χ0) is 12.6. The number of carbonyl (C=O) groups excluding carboxylic acids is 1. The molecular weight excluding hydrogens is 226 g/mol. The molecule has 2 unspecified atom stereocenters. The van der Waals surface area contributed by atoms with Crippen molar-refractivity contribution in [3.05, 3.63) is 46.3 Å². The van der Waals surface area contributed by atoms with E-state index in [1.165, 1.54) is 0 Å². The number of ketones is 1. The van der Waals surface area contributed by atoms with Gasteiger partial charge < -0.3 is 0 Å². The molecule has 3 nitrogen and oxygen atoms in total. The molecule has 17 heavy (non-hydrogen) atoms. The van der Waals surface area contributed by atoms with Crippen LogP contribution in [-0.2, 0) is 0 Å². The monoisotopic (exact) mass is 232 g/mol. The van der Waals surface area contributed by atoms with Crippen LogP contribution in [0.3, 0.4) is 0 Å². The van der Waals surface area contributed by atoms with Gasteiger partial charge in [-0.25, -0.2) is 15.4 Å². The molecule has 0 heterocycles. The second-order valence-corrected chi connectivity index (χ2v) is 3.79. The minimum atomic E-state index is -1.09. The topological polar surface area (TPSA) is 45.2 Å². The van der Waals surface area contributed by atoms with Crippen LogP contribution < -0.4 is 0 Å². The molecular formula is C12H6F2N2O. The molecule has 0 amide bonds. The Balaban J connectivity index is 2.56. The van der Waals surface area contributed by atoms with Crippen LogP contribution in [-0.4, -0.2) is 11.8 Å². The molecule has 0 aromatic heterocycles. The predicted octanol–water partition coefficient (Wildman–Crippen LogP) is 2.45. The largest absolute Gasteiger partial charge is 0.314 e. The van der Waals surface area contributed by atoms with Crippen molar-refractivity contribution in [2.24, 2.45) is 0 Å². The van der Waals surface area contributed by atoms with Crippen molar-refractivity contribution in [2.45, 2.75) is 18.4 Å². The smallest absolute Gasteiger partial charge is 0.297 e. The second kappa shape index (κ2) is 3.95. The van der Waals surface area contributed by atoms with Gasteiger partial charge in [-0.2, -0.15) is 5.26 Å². The summed E-state index contributed by atoms with van der Waals surface area (Å²) in [6.07, 6.45) is -0.0428. The Morgan fingerprint density at radius 3 is 2.71 bits per heavy atom. The summed E-state index contributed by atoms with van der Waals surface area (Å²) in [5, 5.41) is 8.78. The number of nitriles is 1. The van der Waals surface area contributed by atoms with Gasteiger partial charge in [-0.05, 0) is 17.7 Å². The summed E-state index contributed by atoms with van der Waals surface area (Å²) in [7, 11) is 0. The van der Waals surface area contributed by atoms with E-state index in [1.54, 1.807) is 6.07 Å². The lowest BCUT2D eigenvalue weighted by Crippen LogP contribution is -2.11. The molecule has 0 N–H and O–H groups in total. The van der Waals surface area contributed by atoms with Crippen molar-refractivity contribution in [1.82, 2.24) is 0 Å². The zero-order valence-electron chi connectivity index (χ0n) is 8.58. The zero-order valence-corrected chi connectivity index (χ0v) is 8.58. The summed E-state index contributed by atoms with van der Waals surface area (Å²) in [4.78, 5) is 14.7. The molecule has 0 fully saturated rings. The highest BCUT2D eigenvalue weighted by Gasteiger charge is 2.39. The minimum absolute atomic E-state index is 0.0428. The summed E-state index contributed by atoms with van der Waals surface area (Å²) >= 11 is 0. The molecule has 0 aliphatic heterocycles. The number of rotatable bonds is 1. The SMILES string of the molecule is [C-]#[N+]C(C#N)C1CC(=O)c2cc(F)c(F)cc21. The van der Waals surface area contributed by atoms with E-state index < -0.39 is 23.6 Å². The van der Waals surface area contributed by atoms with E-state index in [2.05, 4.69) is 4.85 Å². The molecule has 1 aliphatic rings. The number of fused-ring (bicyclic) bond motifs is 1. The lowest BCUT2D eigenvalue weighted by Gasteiger charge is -2.07. The number of benzene rings is 1. The predicted molar refractivity (Wildman–Crippen MR) is 54.0 cm³/mol. The number of hydrogen-bond acceptors (Lipinski definition) is 2. The Labute approximate surface area is 96.1 Å². The lowest BCUT2D eigenvalue weighted by atomic mass is 9.94. The maximum absolute atomic E-state index is 13.1. The highest BCUT2D eigenvalue weighted by molar-refractivity contribution is 6.01. The number of carbonyl (C=O) groups is 1. The highest BCUT2D eigenvalue weighted by Crippen LogP contribution is 2.37. The van der Waals surface area contributed by atoms with Crippen molar-refractivity contribution in [3.63, 3.8) is 0 Å². The van der Waals surface area contributed by atoms with E-state index in [9.17, 15) is 13.6 Å². The summed E-state index contributed by atoms with van der Waals surface area (Å²) in [6, 6.07) is 2.48. The van der Waals surface area contributed by atoms with Crippen LogP contribution >= 0.6 is 0 Å². The quantitative estimate of drug-likeness (QED) is 0.698. The van der Waals surface area contributed by atoms with Gasteiger partial charge in [0.1, 0.15) is 0 Å². The van der Waals surface area contributed by atoms with Gasteiger partial charge in [0, 0.05) is 12.0 Å². The first-order chi connectivity index (χ1) is 8.08. The summed E-state index contributed by atoms with van der Waals surface area (Å²) in [6.45, 7) is 6.85. The molecule has 1 aromatic rings. The van der Waals surface area contributed by atoms with Crippen LogP contribution in [0.4, 0.5) is 8.78 Å². The average molecular weight is 232 g/mol. The second-order valence-electron chi connectivity index (χ2n) is 3.79. The fourth-order valence-electron chi connectivity index (χ4n) is 2.02. The van der Waals surface area contributed by atoms with E-state index in [0.717, 1.165) is 12.1 Å². The van der Waals surface area contributed by atoms with Gasteiger partial charge in [-0.3, -0.25) is 9.64 Å². The molecule has 0 saturated carbocycles. The van der Waals surface area contributed by atoms with E-state index in [4.69, 9.17) is 11.8 Å². The Morgan fingerprint density at radius 1 is 1.47 bits per heavy atom. The van der Waals surface area contributed by atoms with Crippen LogP contribution in [0, 0.1) is 29.5 Å². The van der Waals surface area contributed by atoms with Crippen molar-refractivity contribution < 1.29 is 13.6 Å². The molecule has 84 valence electrons. The first kappa shape index (κ1) is 11.2. The molecule has 5 heteroatoms. The van der Waals surface area contributed by atoms with Crippen LogP contribution in [0.5, 0.6) is 0 Å². The molecule has 2 atom stereocenters. The fourth-order valence-corrected chi connectivity index (χ4v) is 2.02. The van der Waals surface area contributed by atoms with Crippen LogP contribution in [0.2, 0.25) is 0 Å². The van der Waals surface area contributed by atoms with E-state index in [1.807, 2.05) is 0 Å². The molecule has 0 saturated heterocycles. The normalized spacial score (nSPS) is 19.3. The summed E-state index contributed by atoms with van der Waals surface area (Å²) in [5.74, 6) is -3.16. The third-order valence-corrected chi connectivity index (χ3v) is 2.85. The van der Waals surface area contributed by atoms with Gasteiger partial charge in [0.05, 0.1) is 5.92 Å². The highest BCUT2D eigenvalue weighted by atomic mass is 19.2. The Hall–Kier alpha value is -2.27. The summed E-state index contributed by atoms with van der Waals surface area (Å²) in [5.41, 5.74) is 0.342. The van der Waals surface area contributed by atoms with Crippen molar-refractivity contribution >= 4 is 5.78 Å². The van der Waals surface area contributed by atoms with Gasteiger partial charge in [-0.15, -0.1) is 0 Å². The lowest BCUT2D eigenvalue weighted by molar-refractivity contribution is 0.0988. The molecule has 0 radical (unpaired) electrons. The molecule has 1 aromatic carbocycles. The van der Waals surface area contributed by atoms with Crippen LogP contribution in [0.15, 0.2) is 12.1 Å². The van der Waals surface area contributed by atoms with E-state index in [0.29, 0.717) is 0 Å². The number of nitrogens with zero attached hydrogens (tertiary/aromatic N) is 2. The Kier molecular flexibility index (Phi) is 2.61. The first-order valence-corrected chi connectivity index (χ1v) is 4.86. The molecule has 2 rings (SSSR count). The third-order valence-electron chi connectivity index (χ3n) is 2.85. The number of halogens is 2. The van der Waals surface area contributed by atoms with E-state index in [-0.39, 0.29) is 23.3 Å². The average Bonchev–Trinajstić information content (AvgIpc) is 2.60. The Morgan fingerprint density at radius 2 is 2.12 bits per heavy atom. The maximum Gasteiger partial charge on any atom is 0.314 e. The fraction of sp³-hybridized carbons (Fsp3) is 0.250. The van der Waals surface area contributed by atoms with Gasteiger partial charge in [0.15, 0.2) is 23.5 Å². The van der Waals surface area contributed by atoms with Gasteiger partial charge in [-0.1, -0.05) is 0 Å². The third kappa shape index (κ3) is 1.66. The maximum atomic E-state index is 13.1. The van der Waals surface area contributed by atoms with E-state index >= 15 is 0 Å². The van der Waals surface area contributed by atoms with Gasteiger partial charge in [0.2, 0.25) is 0 Å². The molecule has 0 spiro atoms. The molecule has 1 aliphatic carbocycles. The van der Waals surface area contributed by atoms with Crippen molar-refractivity contribution in [1.29, 1.82) is 5.26 Å². The van der Waals surface area contributed by atoms with Crippen molar-refractivity contribution in [3.8, 4) is 6.07 Å². The molecule has 0 bridgehead atoms.